The number of hydrogen-bond donors (Lipinski definition) is 1. The highest BCUT2D eigenvalue weighted by Crippen LogP contribution is 2.29. The molecule has 1 aliphatic rings. The minimum atomic E-state index is -4.60. The molecular weight excluding hydrogens is 419 g/mol. The Hall–Kier alpha value is -2.46. The Morgan fingerprint density at radius 2 is 1.73 bits per heavy atom. The Morgan fingerprint density at radius 1 is 1.07 bits per heavy atom. The molecule has 0 unspecified atom stereocenters. The Kier molecular flexibility index (Phi) is 6.19. The van der Waals surface area contributed by atoms with Gasteiger partial charge in [-0.1, -0.05) is 12.5 Å². The van der Waals surface area contributed by atoms with E-state index in [9.17, 15) is 26.4 Å². The molecule has 0 spiro atoms. The third kappa shape index (κ3) is 4.65. The van der Waals surface area contributed by atoms with Crippen LogP contribution in [0.15, 0.2) is 35.2 Å². The lowest BCUT2D eigenvalue weighted by atomic mass is 10.1. The maximum atomic E-state index is 13.0. The van der Waals surface area contributed by atoms with E-state index in [4.69, 9.17) is 0 Å². The van der Waals surface area contributed by atoms with Crippen LogP contribution >= 0.6 is 0 Å². The van der Waals surface area contributed by atoms with Gasteiger partial charge in [-0.05, 0) is 56.5 Å². The second-order valence-corrected chi connectivity index (χ2v) is 9.13. The molecular formula is C20H22F3N3O3S. The maximum absolute atomic E-state index is 13.0. The van der Waals surface area contributed by atoms with E-state index >= 15 is 0 Å². The summed E-state index contributed by atoms with van der Waals surface area (Å²) in [7, 11) is -3.70. The summed E-state index contributed by atoms with van der Waals surface area (Å²) in [4.78, 5) is 16.1. The van der Waals surface area contributed by atoms with Crippen LogP contribution in [0, 0.1) is 13.8 Å². The molecule has 1 N–H and O–H groups in total. The summed E-state index contributed by atoms with van der Waals surface area (Å²) in [5, 5.41) is 2.56. The van der Waals surface area contributed by atoms with Gasteiger partial charge in [-0.25, -0.2) is 13.4 Å². The van der Waals surface area contributed by atoms with Crippen molar-refractivity contribution in [2.75, 3.05) is 18.4 Å². The van der Waals surface area contributed by atoms with Crippen LogP contribution in [0.2, 0.25) is 0 Å². The molecule has 0 aliphatic carbocycles. The van der Waals surface area contributed by atoms with Crippen molar-refractivity contribution in [1.82, 2.24) is 9.29 Å². The average molecular weight is 441 g/mol. The molecule has 1 aromatic carbocycles. The van der Waals surface area contributed by atoms with Crippen LogP contribution in [0.3, 0.4) is 0 Å². The SMILES string of the molecule is Cc1ccc(NC(=O)c2ccc(C(F)(F)F)nc2C)cc1S(=O)(=O)N1CCCCC1. The molecule has 0 atom stereocenters. The van der Waals surface area contributed by atoms with Gasteiger partial charge in [0.2, 0.25) is 10.0 Å². The molecule has 1 aliphatic heterocycles. The lowest BCUT2D eigenvalue weighted by Gasteiger charge is -2.26. The first-order valence-corrected chi connectivity index (χ1v) is 10.9. The summed E-state index contributed by atoms with van der Waals surface area (Å²) in [5.74, 6) is -0.668. The molecule has 0 bridgehead atoms. The molecule has 30 heavy (non-hydrogen) atoms. The van der Waals surface area contributed by atoms with Crippen LogP contribution in [0.5, 0.6) is 0 Å². The number of hydrogen-bond acceptors (Lipinski definition) is 4. The number of pyridine rings is 1. The molecule has 1 aromatic heterocycles. The first kappa shape index (κ1) is 22.2. The standard InChI is InChI=1S/C20H22F3N3O3S/c1-13-6-7-15(12-17(13)30(28,29)26-10-4-3-5-11-26)25-19(27)16-8-9-18(20(21,22)23)24-14(16)2/h6-9,12H,3-5,10-11H2,1-2H3,(H,25,27). The number of anilines is 1. The molecule has 1 saturated heterocycles. The van der Waals surface area contributed by atoms with Gasteiger partial charge >= 0.3 is 6.18 Å². The quantitative estimate of drug-likeness (QED) is 0.773. The number of alkyl halides is 3. The predicted octanol–water partition coefficient (Wildman–Crippen LogP) is 4.14. The topological polar surface area (TPSA) is 79.4 Å². The normalized spacial score (nSPS) is 15.8. The number of nitrogens with one attached hydrogen (secondary N) is 1. The van der Waals surface area contributed by atoms with Crippen LogP contribution in [-0.2, 0) is 16.2 Å². The molecule has 0 saturated carbocycles. The number of rotatable bonds is 4. The molecule has 162 valence electrons. The largest absolute Gasteiger partial charge is 0.433 e. The summed E-state index contributed by atoms with van der Waals surface area (Å²) in [6.45, 7) is 3.89. The summed E-state index contributed by atoms with van der Waals surface area (Å²) in [5.41, 5.74) is -0.396. The lowest BCUT2D eigenvalue weighted by Crippen LogP contribution is -2.36. The smallest absolute Gasteiger partial charge is 0.322 e. The fourth-order valence-electron chi connectivity index (χ4n) is 3.36. The zero-order valence-electron chi connectivity index (χ0n) is 16.6. The maximum Gasteiger partial charge on any atom is 0.433 e. The number of piperidine rings is 1. The number of aromatic nitrogens is 1. The van der Waals surface area contributed by atoms with Crippen LogP contribution < -0.4 is 5.32 Å². The highest BCUT2D eigenvalue weighted by molar-refractivity contribution is 7.89. The number of amides is 1. The summed E-state index contributed by atoms with van der Waals surface area (Å²) in [6, 6.07) is 6.31. The Labute approximate surface area is 173 Å². The van der Waals surface area contributed by atoms with Crippen molar-refractivity contribution in [3.63, 3.8) is 0 Å². The number of aryl methyl sites for hydroxylation is 2. The fourth-order valence-corrected chi connectivity index (χ4v) is 5.13. The minimum Gasteiger partial charge on any atom is -0.322 e. The fraction of sp³-hybridized carbons (Fsp3) is 0.400. The number of sulfonamides is 1. The molecule has 0 radical (unpaired) electrons. The van der Waals surface area contributed by atoms with Crippen molar-refractivity contribution in [2.45, 2.75) is 44.2 Å². The molecule has 6 nitrogen and oxygen atoms in total. The van der Waals surface area contributed by atoms with Gasteiger partial charge in [0, 0.05) is 18.8 Å². The van der Waals surface area contributed by atoms with E-state index < -0.39 is 27.8 Å². The Bertz CT molecular complexity index is 1060. The van der Waals surface area contributed by atoms with Crippen molar-refractivity contribution in [3.8, 4) is 0 Å². The first-order valence-electron chi connectivity index (χ1n) is 9.47. The second kappa shape index (κ2) is 8.35. The van der Waals surface area contributed by atoms with Gasteiger partial charge in [-0.15, -0.1) is 0 Å². The number of benzene rings is 1. The molecule has 1 amide bonds. The monoisotopic (exact) mass is 441 g/mol. The molecule has 2 aromatic rings. The summed E-state index contributed by atoms with van der Waals surface area (Å²) < 4.78 is 65.7. The first-order chi connectivity index (χ1) is 14.0. The average Bonchev–Trinajstić information content (AvgIpc) is 2.69. The number of nitrogens with zero attached hydrogens (tertiary/aromatic N) is 2. The third-order valence-corrected chi connectivity index (χ3v) is 7.04. The summed E-state index contributed by atoms with van der Waals surface area (Å²) in [6.07, 6.45) is -2.01. The highest BCUT2D eigenvalue weighted by Gasteiger charge is 2.33. The summed E-state index contributed by atoms with van der Waals surface area (Å²) >= 11 is 0. The van der Waals surface area contributed by atoms with Crippen molar-refractivity contribution in [3.05, 3.63) is 52.8 Å². The molecule has 3 rings (SSSR count). The van der Waals surface area contributed by atoms with Gasteiger partial charge in [-0.3, -0.25) is 4.79 Å². The van der Waals surface area contributed by atoms with Crippen LogP contribution in [0.1, 0.15) is 46.6 Å². The second-order valence-electron chi connectivity index (χ2n) is 7.23. The molecule has 1 fully saturated rings. The van der Waals surface area contributed by atoms with E-state index in [0.717, 1.165) is 31.4 Å². The molecule has 2 heterocycles. The van der Waals surface area contributed by atoms with Crippen molar-refractivity contribution >= 4 is 21.6 Å². The van der Waals surface area contributed by atoms with E-state index in [1.165, 1.54) is 17.3 Å². The van der Waals surface area contributed by atoms with Crippen LogP contribution in [0.4, 0.5) is 18.9 Å². The van der Waals surface area contributed by atoms with Gasteiger partial charge < -0.3 is 5.32 Å². The highest BCUT2D eigenvalue weighted by atomic mass is 32.2. The van der Waals surface area contributed by atoms with Crippen LogP contribution in [0.25, 0.3) is 0 Å². The third-order valence-electron chi connectivity index (χ3n) is 5.00. The van der Waals surface area contributed by atoms with Crippen molar-refractivity contribution in [1.29, 1.82) is 0 Å². The number of halogens is 3. The van der Waals surface area contributed by atoms with Crippen LogP contribution in [-0.4, -0.2) is 36.7 Å². The van der Waals surface area contributed by atoms with E-state index in [1.807, 2.05) is 0 Å². The zero-order valence-corrected chi connectivity index (χ0v) is 17.4. The van der Waals surface area contributed by atoms with E-state index in [0.29, 0.717) is 18.7 Å². The van der Waals surface area contributed by atoms with E-state index in [1.54, 1.807) is 19.1 Å². The van der Waals surface area contributed by atoms with Gasteiger partial charge in [0.15, 0.2) is 0 Å². The van der Waals surface area contributed by atoms with Gasteiger partial charge in [-0.2, -0.15) is 17.5 Å². The molecule has 10 heteroatoms. The zero-order chi connectivity index (χ0) is 22.1. The van der Waals surface area contributed by atoms with Gasteiger partial charge in [0.05, 0.1) is 16.2 Å². The predicted molar refractivity (Wildman–Crippen MR) is 106 cm³/mol. The Balaban J connectivity index is 1.86. The number of carbonyl (C=O) groups excluding carboxylic acids is 1. The van der Waals surface area contributed by atoms with E-state index in [-0.39, 0.29) is 21.8 Å². The number of carbonyl (C=O) groups is 1. The van der Waals surface area contributed by atoms with E-state index in [2.05, 4.69) is 10.3 Å². The van der Waals surface area contributed by atoms with Crippen molar-refractivity contribution in [2.24, 2.45) is 0 Å². The van der Waals surface area contributed by atoms with Crippen molar-refractivity contribution < 1.29 is 26.4 Å². The van der Waals surface area contributed by atoms with Gasteiger partial charge in [0.25, 0.3) is 5.91 Å². The Morgan fingerprint density at radius 3 is 2.33 bits per heavy atom. The lowest BCUT2D eigenvalue weighted by molar-refractivity contribution is -0.141. The van der Waals surface area contributed by atoms with Gasteiger partial charge in [0.1, 0.15) is 5.69 Å². The minimum absolute atomic E-state index is 0.0241.